The predicted octanol–water partition coefficient (Wildman–Crippen LogP) is 2.58. The Labute approximate surface area is 157 Å². The molecule has 27 heavy (non-hydrogen) atoms. The highest BCUT2D eigenvalue weighted by Crippen LogP contribution is 2.17. The third-order valence-electron chi connectivity index (χ3n) is 4.15. The van der Waals surface area contributed by atoms with Crippen LogP contribution >= 0.6 is 0 Å². The lowest BCUT2D eigenvalue weighted by molar-refractivity contribution is 0.102. The molecular formula is C18H25N7O2. The highest BCUT2D eigenvalue weighted by atomic mass is 16.2. The number of rotatable bonds is 5. The van der Waals surface area contributed by atoms with Crippen LogP contribution in [0.3, 0.4) is 0 Å². The summed E-state index contributed by atoms with van der Waals surface area (Å²) in [6.45, 7) is 5.60. The molecule has 9 nitrogen and oxygen atoms in total. The number of carbonyl (C=O) groups is 2. The van der Waals surface area contributed by atoms with Crippen molar-refractivity contribution in [3.05, 3.63) is 29.8 Å². The van der Waals surface area contributed by atoms with E-state index in [0.717, 1.165) is 25.9 Å². The molecule has 0 saturated carbocycles. The van der Waals surface area contributed by atoms with E-state index in [9.17, 15) is 9.59 Å². The predicted molar refractivity (Wildman–Crippen MR) is 104 cm³/mol. The van der Waals surface area contributed by atoms with E-state index in [0.29, 0.717) is 23.1 Å². The van der Waals surface area contributed by atoms with Crippen molar-refractivity contribution in [3.63, 3.8) is 0 Å². The fraction of sp³-hybridized carbons (Fsp3) is 0.444. The molecule has 0 aliphatic carbocycles. The summed E-state index contributed by atoms with van der Waals surface area (Å²) in [4.78, 5) is 30.7. The van der Waals surface area contributed by atoms with Crippen LogP contribution in [0.15, 0.2) is 24.3 Å². The van der Waals surface area contributed by atoms with Crippen LogP contribution in [0.5, 0.6) is 0 Å². The minimum atomic E-state index is -0.329. The van der Waals surface area contributed by atoms with Gasteiger partial charge in [-0.1, -0.05) is 6.07 Å². The number of hydrogen-bond donors (Lipinski definition) is 4. The molecule has 2 heterocycles. The third kappa shape index (κ3) is 5.19. The van der Waals surface area contributed by atoms with Gasteiger partial charge in [-0.2, -0.15) is 4.98 Å². The summed E-state index contributed by atoms with van der Waals surface area (Å²) in [5.74, 6) is 0.575. The largest absolute Gasteiger partial charge is 0.340 e. The number of aromatic amines is 1. The van der Waals surface area contributed by atoms with E-state index < -0.39 is 0 Å². The van der Waals surface area contributed by atoms with E-state index >= 15 is 0 Å². The van der Waals surface area contributed by atoms with Crippen molar-refractivity contribution in [3.8, 4) is 0 Å². The number of nitrogens with zero attached hydrogens (tertiary/aromatic N) is 3. The molecular weight excluding hydrogens is 346 g/mol. The highest BCUT2D eigenvalue weighted by molar-refractivity contribution is 6.04. The molecule has 2 aromatic rings. The van der Waals surface area contributed by atoms with Crippen molar-refractivity contribution >= 4 is 29.5 Å². The van der Waals surface area contributed by atoms with Crippen LogP contribution in [0.2, 0.25) is 0 Å². The molecule has 1 aliphatic heterocycles. The van der Waals surface area contributed by atoms with Gasteiger partial charge >= 0.3 is 6.03 Å². The first-order valence-corrected chi connectivity index (χ1v) is 9.17. The maximum Gasteiger partial charge on any atom is 0.319 e. The summed E-state index contributed by atoms with van der Waals surface area (Å²) in [6, 6.07) is 6.42. The first-order valence-electron chi connectivity index (χ1n) is 9.17. The number of piperidine rings is 1. The Morgan fingerprint density at radius 2 is 1.93 bits per heavy atom. The molecule has 4 N–H and O–H groups in total. The quantitative estimate of drug-likeness (QED) is 0.645. The molecule has 1 aliphatic rings. The second-order valence-corrected chi connectivity index (χ2v) is 6.82. The zero-order valence-corrected chi connectivity index (χ0v) is 15.6. The van der Waals surface area contributed by atoms with Crippen LogP contribution in [-0.4, -0.2) is 46.3 Å². The van der Waals surface area contributed by atoms with Gasteiger partial charge in [-0.3, -0.25) is 10.1 Å². The number of amides is 3. The number of nitrogens with one attached hydrogen (secondary N) is 4. The van der Waals surface area contributed by atoms with Crippen LogP contribution in [0.25, 0.3) is 0 Å². The minimum absolute atomic E-state index is 0.0250. The SMILES string of the molecule is CC(C)NC(=O)Nc1cccc(C(=O)Nc2nc(N3CCCCC3)n[nH]2)c1. The van der Waals surface area contributed by atoms with Crippen LogP contribution < -0.4 is 20.9 Å². The number of hydrogen-bond acceptors (Lipinski definition) is 5. The van der Waals surface area contributed by atoms with E-state index in [-0.39, 0.29) is 18.0 Å². The summed E-state index contributed by atoms with van der Waals surface area (Å²) in [5, 5.41) is 15.1. The van der Waals surface area contributed by atoms with Crippen LogP contribution in [0, 0.1) is 0 Å². The van der Waals surface area contributed by atoms with Gasteiger partial charge in [0.25, 0.3) is 5.91 Å². The average Bonchev–Trinajstić information content (AvgIpc) is 3.10. The van der Waals surface area contributed by atoms with Crippen molar-refractivity contribution in [1.29, 1.82) is 0 Å². The average molecular weight is 371 g/mol. The molecule has 1 aromatic heterocycles. The van der Waals surface area contributed by atoms with Gasteiger partial charge in [-0.25, -0.2) is 9.89 Å². The molecule has 0 radical (unpaired) electrons. The second-order valence-electron chi connectivity index (χ2n) is 6.82. The van der Waals surface area contributed by atoms with Gasteiger partial charge in [0.15, 0.2) is 0 Å². The summed E-state index contributed by atoms with van der Waals surface area (Å²) < 4.78 is 0. The summed E-state index contributed by atoms with van der Waals surface area (Å²) in [5.41, 5.74) is 0.945. The fourth-order valence-electron chi connectivity index (χ4n) is 2.89. The number of urea groups is 1. The zero-order valence-electron chi connectivity index (χ0n) is 15.6. The molecule has 9 heteroatoms. The number of H-pyrrole nitrogens is 1. The normalized spacial score (nSPS) is 14.1. The molecule has 144 valence electrons. The van der Waals surface area contributed by atoms with Crippen molar-refractivity contribution in [2.75, 3.05) is 28.6 Å². The van der Waals surface area contributed by atoms with Gasteiger partial charge in [0.05, 0.1) is 0 Å². The smallest absolute Gasteiger partial charge is 0.319 e. The molecule has 0 atom stereocenters. The van der Waals surface area contributed by atoms with Crippen molar-refractivity contribution in [2.24, 2.45) is 0 Å². The molecule has 3 amide bonds. The summed E-state index contributed by atoms with van der Waals surface area (Å²) >= 11 is 0. The standard InChI is InChI=1S/C18H25N7O2/c1-12(2)19-18(27)20-14-8-6-7-13(11-14)15(26)21-16-22-17(24-23-16)25-9-4-3-5-10-25/h6-8,11-12H,3-5,9-10H2,1-2H3,(H2,19,20,27)(H2,21,22,23,24,26). The topological polar surface area (TPSA) is 115 Å². The Bertz CT molecular complexity index is 797. The Kier molecular flexibility index (Phi) is 5.90. The monoisotopic (exact) mass is 371 g/mol. The Hall–Kier alpha value is -3.10. The lowest BCUT2D eigenvalue weighted by atomic mass is 10.1. The van der Waals surface area contributed by atoms with E-state index in [1.807, 2.05) is 13.8 Å². The molecule has 0 unspecified atom stereocenters. The van der Waals surface area contributed by atoms with Crippen molar-refractivity contribution in [1.82, 2.24) is 20.5 Å². The molecule has 0 bridgehead atoms. The maximum absolute atomic E-state index is 12.5. The molecule has 3 rings (SSSR count). The fourth-order valence-corrected chi connectivity index (χ4v) is 2.89. The van der Waals surface area contributed by atoms with E-state index in [2.05, 4.69) is 36.0 Å². The van der Waals surface area contributed by atoms with E-state index in [1.165, 1.54) is 6.42 Å². The summed E-state index contributed by atoms with van der Waals surface area (Å²) in [7, 11) is 0. The number of carbonyl (C=O) groups excluding carboxylic acids is 2. The Balaban J connectivity index is 1.62. The molecule has 1 fully saturated rings. The number of aromatic nitrogens is 3. The zero-order chi connectivity index (χ0) is 19.2. The van der Waals surface area contributed by atoms with Gasteiger partial charge in [0.2, 0.25) is 11.9 Å². The van der Waals surface area contributed by atoms with Crippen LogP contribution in [0.1, 0.15) is 43.5 Å². The van der Waals surface area contributed by atoms with E-state index in [4.69, 9.17) is 0 Å². The molecule has 0 spiro atoms. The van der Waals surface area contributed by atoms with Gasteiger partial charge in [-0.15, -0.1) is 5.10 Å². The Morgan fingerprint density at radius 3 is 2.67 bits per heavy atom. The van der Waals surface area contributed by atoms with E-state index in [1.54, 1.807) is 24.3 Å². The Morgan fingerprint density at radius 1 is 1.15 bits per heavy atom. The minimum Gasteiger partial charge on any atom is -0.340 e. The van der Waals surface area contributed by atoms with Crippen LogP contribution in [-0.2, 0) is 0 Å². The van der Waals surface area contributed by atoms with Crippen molar-refractivity contribution in [2.45, 2.75) is 39.2 Å². The van der Waals surface area contributed by atoms with Crippen LogP contribution in [0.4, 0.5) is 22.4 Å². The van der Waals surface area contributed by atoms with Gasteiger partial charge in [-0.05, 0) is 51.3 Å². The number of anilines is 3. The maximum atomic E-state index is 12.5. The lowest BCUT2D eigenvalue weighted by Crippen LogP contribution is -2.34. The molecule has 1 aromatic carbocycles. The number of benzene rings is 1. The first kappa shape index (κ1) is 18.7. The first-order chi connectivity index (χ1) is 13.0. The van der Waals surface area contributed by atoms with Gasteiger partial charge < -0.3 is 15.5 Å². The van der Waals surface area contributed by atoms with Gasteiger partial charge in [0.1, 0.15) is 0 Å². The third-order valence-corrected chi connectivity index (χ3v) is 4.15. The highest BCUT2D eigenvalue weighted by Gasteiger charge is 2.16. The summed E-state index contributed by atoms with van der Waals surface area (Å²) in [6.07, 6.45) is 3.48. The molecule has 1 saturated heterocycles. The lowest BCUT2D eigenvalue weighted by Gasteiger charge is -2.24. The van der Waals surface area contributed by atoms with Gasteiger partial charge in [0, 0.05) is 30.4 Å². The second kappa shape index (κ2) is 8.52. The van der Waals surface area contributed by atoms with Crippen molar-refractivity contribution < 1.29 is 9.59 Å².